The lowest BCUT2D eigenvalue weighted by atomic mass is 9.80. The van der Waals surface area contributed by atoms with Gasteiger partial charge in [0.05, 0.1) is 21.3 Å². The van der Waals surface area contributed by atoms with E-state index < -0.39 is 0 Å². The smallest absolute Gasteiger partial charge is 0.129 e. The molecule has 6 atom stereocenters. The van der Waals surface area contributed by atoms with Crippen LogP contribution >= 0.6 is 0 Å². The standard InChI is InChI=1S/C19H22.C19H24.C17H22.C16H22.C14H17N.C13H14O.C10H13F.C10H14O2/c1-12-9-19(18-11-14-7-8-15(18)10-14)17-6-4-3-5-16(17)13(12)2;1-13-12-19-17(15(3)14(13)2)10-7-11-18(19)16-8-5-4-6-9-16;1-11-10-15-14(13(3)12(11)2)8-7-9-16(15)17(4,5)6;1-10-6-15(7-11(2)12(10)3)16-9-13-4-5-14(16)8-13;1-10-9-14(15(3)4)13-8-6-5-7-12(13)11(10)2;1-9-8-13(14-3)12-7-5-4-6-11(12)10(9)2;1-6-5-7(2)10(11)9(4)8(6)3;1-7-5-9(11-3)6-10(12-4)8(7)2/h3-6,9,14-15,18H,7-8,10-11H2,1-2H3;7,10-12,16H,4-6,8-9H2,1-3H3;7-10H,1-6H3;6-7,13-14,16H,4-5,8-9H2,1-3H3;5-9H,1-4H3;4-8H,1-3H3;5H,1-4H3;5-6H,1-4H3. The minimum atomic E-state index is -0.0619. The molecule has 0 amide bonds. The number of halogens is 1. The zero-order chi connectivity index (χ0) is 89.3. The molecule has 123 heavy (non-hydrogen) atoms. The summed E-state index contributed by atoms with van der Waals surface area (Å²) in [6.45, 7) is 51.9. The summed E-state index contributed by atoms with van der Waals surface area (Å²) in [5, 5.41) is 14.0. The lowest BCUT2D eigenvalue weighted by Crippen LogP contribution is -2.11. The minimum absolute atomic E-state index is 0.0619. The first-order valence-electron chi connectivity index (χ1n) is 46.1. The van der Waals surface area contributed by atoms with Crippen LogP contribution in [0.3, 0.4) is 0 Å². The van der Waals surface area contributed by atoms with E-state index in [1.54, 1.807) is 44.9 Å². The van der Waals surface area contributed by atoms with Gasteiger partial charge in [0, 0.05) is 36.6 Å². The van der Waals surface area contributed by atoms with Gasteiger partial charge in [0.15, 0.2) is 0 Å². The highest BCUT2D eigenvalue weighted by Gasteiger charge is 2.42. The molecule has 13 aromatic rings. The Morgan fingerprint density at radius 1 is 0.301 bits per heavy atom. The maximum absolute atomic E-state index is 13.2. The van der Waals surface area contributed by atoms with Crippen LogP contribution < -0.4 is 19.1 Å². The Balaban J connectivity index is 0.000000138. The average molecular weight is 1650 g/mol. The maximum Gasteiger partial charge on any atom is 0.129 e. The van der Waals surface area contributed by atoms with E-state index in [0.29, 0.717) is 0 Å². The molecule has 650 valence electrons. The fraction of sp³-hybridized carbons (Fsp3) is 0.424. The molecular formula is C118H148FNO3. The third-order valence-electron chi connectivity index (χ3n) is 29.9. The molecule has 5 aliphatic rings. The highest BCUT2D eigenvalue weighted by molar-refractivity contribution is 5.98. The van der Waals surface area contributed by atoms with Gasteiger partial charge >= 0.3 is 0 Å². The van der Waals surface area contributed by atoms with E-state index in [1.807, 2.05) is 58.9 Å². The number of nitrogens with zero attached hydrogens (tertiary/aromatic N) is 1. The first-order chi connectivity index (χ1) is 58.5. The van der Waals surface area contributed by atoms with Crippen molar-refractivity contribution >= 4 is 59.5 Å². The maximum atomic E-state index is 13.2. The Morgan fingerprint density at radius 2 is 0.724 bits per heavy atom. The van der Waals surface area contributed by atoms with Crippen molar-refractivity contribution in [3.05, 3.63) is 315 Å². The number of methoxy groups -OCH3 is 3. The second kappa shape index (κ2) is 40.9. The van der Waals surface area contributed by atoms with Crippen molar-refractivity contribution in [3.8, 4) is 17.2 Å². The van der Waals surface area contributed by atoms with Crippen LogP contribution in [0.1, 0.15) is 261 Å². The average Bonchev–Trinajstić information content (AvgIpc) is 1.61. The van der Waals surface area contributed by atoms with Crippen molar-refractivity contribution in [2.45, 2.75) is 273 Å². The number of benzene rings is 13. The molecule has 6 unspecified atom stereocenters. The van der Waals surface area contributed by atoms with Crippen LogP contribution in [-0.4, -0.2) is 35.4 Å². The molecule has 0 aliphatic heterocycles. The van der Waals surface area contributed by atoms with Gasteiger partial charge in [0.1, 0.15) is 23.1 Å². The van der Waals surface area contributed by atoms with Crippen LogP contribution in [-0.2, 0) is 5.41 Å². The first kappa shape index (κ1) is 94.0. The molecule has 0 heterocycles. The topological polar surface area (TPSA) is 30.9 Å². The Morgan fingerprint density at radius 3 is 1.24 bits per heavy atom. The van der Waals surface area contributed by atoms with Gasteiger partial charge in [0.2, 0.25) is 0 Å². The molecule has 13 aromatic carbocycles. The summed E-state index contributed by atoms with van der Waals surface area (Å²) < 4.78 is 28.8. The molecule has 4 nitrogen and oxygen atoms in total. The number of fused-ring (bicyclic) bond motifs is 9. The van der Waals surface area contributed by atoms with Gasteiger partial charge in [-0.3, -0.25) is 0 Å². The second-order valence-electron chi connectivity index (χ2n) is 38.8. The van der Waals surface area contributed by atoms with E-state index in [2.05, 4.69) is 289 Å². The Bertz CT molecular complexity index is 5870. The van der Waals surface area contributed by atoms with E-state index in [1.165, 1.54) is 249 Å². The van der Waals surface area contributed by atoms with Crippen molar-refractivity contribution < 1.29 is 18.6 Å². The van der Waals surface area contributed by atoms with Gasteiger partial charge in [-0.25, -0.2) is 4.39 Å². The summed E-state index contributed by atoms with van der Waals surface area (Å²) in [7, 11) is 9.23. The van der Waals surface area contributed by atoms with Crippen LogP contribution in [0.2, 0.25) is 0 Å². The predicted molar refractivity (Wildman–Crippen MR) is 533 cm³/mol. The molecule has 0 saturated heterocycles. The van der Waals surface area contributed by atoms with Crippen molar-refractivity contribution in [2.24, 2.45) is 23.7 Å². The third-order valence-corrected chi connectivity index (χ3v) is 29.9. The summed E-state index contributed by atoms with van der Waals surface area (Å²) in [5.74, 6) is 9.19. The summed E-state index contributed by atoms with van der Waals surface area (Å²) in [5.41, 5.74) is 35.3. The Kier molecular flexibility index (Phi) is 31.3. The van der Waals surface area contributed by atoms with Crippen LogP contribution in [0, 0.1) is 175 Å². The van der Waals surface area contributed by atoms with Crippen molar-refractivity contribution in [1.82, 2.24) is 0 Å². The fourth-order valence-electron chi connectivity index (χ4n) is 20.9. The molecule has 18 rings (SSSR count). The van der Waals surface area contributed by atoms with Gasteiger partial charge in [-0.15, -0.1) is 0 Å². The molecule has 5 aliphatic carbocycles. The van der Waals surface area contributed by atoms with E-state index in [4.69, 9.17) is 14.2 Å². The normalized spacial score (nSPS) is 17.4. The monoisotopic (exact) mass is 1650 g/mol. The van der Waals surface area contributed by atoms with E-state index in [0.717, 1.165) is 75.4 Å². The Hall–Kier alpha value is -9.71. The van der Waals surface area contributed by atoms with Crippen molar-refractivity contribution in [1.29, 1.82) is 0 Å². The van der Waals surface area contributed by atoms with Crippen molar-refractivity contribution in [2.75, 3.05) is 40.3 Å². The third kappa shape index (κ3) is 21.3. The van der Waals surface area contributed by atoms with Crippen LogP contribution in [0.4, 0.5) is 10.1 Å². The molecule has 0 aromatic heterocycles. The van der Waals surface area contributed by atoms with Gasteiger partial charge in [-0.05, 0) is 444 Å². The number of rotatable bonds is 7. The predicted octanol–water partition coefficient (Wildman–Crippen LogP) is 33.1. The number of anilines is 1. The van der Waals surface area contributed by atoms with Crippen molar-refractivity contribution in [3.63, 3.8) is 0 Å². The minimum Gasteiger partial charge on any atom is -0.497 e. The Labute approximate surface area is 742 Å². The zero-order valence-electron chi connectivity index (χ0n) is 80.9. The van der Waals surface area contributed by atoms with E-state index >= 15 is 0 Å². The zero-order valence-corrected chi connectivity index (χ0v) is 80.9. The van der Waals surface area contributed by atoms with Gasteiger partial charge in [-0.1, -0.05) is 198 Å². The van der Waals surface area contributed by atoms with Crippen LogP contribution in [0.5, 0.6) is 17.2 Å². The molecule has 4 bridgehead atoms. The summed E-state index contributed by atoms with van der Waals surface area (Å²) in [6, 6.07) is 61.9. The number of hydrogen-bond donors (Lipinski definition) is 0. The molecule has 0 spiro atoms. The van der Waals surface area contributed by atoms with Gasteiger partial charge in [0.25, 0.3) is 0 Å². The molecule has 5 fully saturated rings. The summed E-state index contributed by atoms with van der Waals surface area (Å²) in [4.78, 5) is 2.18. The molecule has 0 N–H and O–H groups in total. The second-order valence-corrected chi connectivity index (χ2v) is 38.8. The van der Waals surface area contributed by atoms with Crippen LogP contribution in [0.15, 0.2) is 170 Å². The molecule has 0 radical (unpaired) electrons. The molecule has 5 heteroatoms. The fourth-order valence-corrected chi connectivity index (χ4v) is 20.9. The van der Waals surface area contributed by atoms with Crippen LogP contribution in [0.25, 0.3) is 53.9 Å². The number of hydrogen-bond acceptors (Lipinski definition) is 4. The quantitative estimate of drug-likeness (QED) is 0.159. The lowest BCUT2D eigenvalue weighted by molar-refractivity contribution is 0.391. The highest BCUT2D eigenvalue weighted by Crippen LogP contribution is 2.55. The first-order valence-corrected chi connectivity index (χ1v) is 46.1. The SMILES string of the molecule is COc1cc(C)c(C)c(OC)c1.COc1cc(C)c(C)c2ccccc12.Cc1cc(C)c(F)c(C)c1C.Cc1cc(C2CC3CCC2C3)c2ccccc2c1C.Cc1cc(C2CC3CCC2C3)cc(C)c1C.Cc1cc(N(C)C)c2ccccc2c1C.Cc1cc2c(C(C)(C)C)cccc2c(C)c1C.Cc1cc2c(C3CCCCC3)cccc2c(C)c1C. The summed E-state index contributed by atoms with van der Waals surface area (Å²) >= 11 is 0. The molecular weight excluding hydrogens is 1500 g/mol. The van der Waals surface area contributed by atoms with Gasteiger partial charge < -0.3 is 19.1 Å². The number of ether oxygens (including phenoxy) is 3. The van der Waals surface area contributed by atoms with E-state index in [-0.39, 0.29) is 11.2 Å². The lowest BCUT2D eigenvalue weighted by Gasteiger charge is -2.25. The molecule has 5 saturated carbocycles. The summed E-state index contributed by atoms with van der Waals surface area (Å²) in [6.07, 6.45) is 18.9. The van der Waals surface area contributed by atoms with Gasteiger partial charge in [-0.2, -0.15) is 0 Å². The highest BCUT2D eigenvalue weighted by atomic mass is 19.1. The largest absolute Gasteiger partial charge is 0.497 e. The van der Waals surface area contributed by atoms with E-state index in [9.17, 15) is 4.39 Å². The number of aryl methyl sites for hydroxylation is 15.